The molecule has 1 aliphatic carbocycles. The van der Waals surface area contributed by atoms with Crippen LogP contribution in [0.2, 0.25) is 0 Å². The minimum absolute atomic E-state index is 0.0720. The van der Waals surface area contributed by atoms with Crippen LogP contribution in [0.5, 0.6) is 0 Å². The third-order valence-corrected chi connectivity index (χ3v) is 4.91. The van der Waals surface area contributed by atoms with Crippen LogP contribution in [-0.2, 0) is 16.0 Å². The van der Waals surface area contributed by atoms with Crippen LogP contribution in [0.4, 0.5) is 5.69 Å². The van der Waals surface area contributed by atoms with Crippen LogP contribution in [0, 0.1) is 5.92 Å². The summed E-state index contributed by atoms with van der Waals surface area (Å²) in [4.78, 5) is 24.3. The number of carbonyl (C=O) groups excluding carboxylic acids is 2. The highest BCUT2D eigenvalue weighted by molar-refractivity contribution is 5.92. The molecule has 1 aliphatic rings. The number of hydrogen-bond donors (Lipinski definition) is 2. The normalized spacial score (nSPS) is 14.2. The van der Waals surface area contributed by atoms with Gasteiger partial charge >= 0.3 is 0 Å². The largest absolute Gasteiger partial charge is 0.355 e. The number of amides is 2. The number of hydrogen-bond acceptors (Lipinski definition) is 2. The van der Waals surface area contributed by atoms with Gasteiger partial charge in [0, 0.05) is 24.6 Å². The molecule has 1 saturated carbocycles. The maximum atomic E-state index is 12.3. The molecule has 0 unspecified atom stereocenters. The molecule has 26 heavy (non-hydrogen) atoms. The van der Waals surface area contributed by atoms with Crippen LogP contribution in [-0.4, -0.2) is 18.4 Å². The first-order valence-corrected chi connectivity index (χ1v) is 9.42. The summed E-state index contributed by atoms with van der Waals surface area (Å²) < 4.78 is 0. The maximum absolute atomic E-state index is 12.3. The van der Waals surface area contributed by atoms with Gasteiger partial charge in [-0.3, -0.25) is 9.59 Å². The molecular weight excluding hydrogens is 324 g/mol. The van der Waals surface area contributed by atoms with Crippen LogP contribution in [0.3, 0.4) is 0 Å². The van der Waals surface area contributed by atoms with E-state index in [0.29, 0.717) is 6.54 Å². The van der Waals surface area contributed by atoms with Crippen LogP contribution < -0.4 is 10.6 Å². The second kappa shape index (κ2) is 9.18. The number of para-hydroxylation sites is 1. The Balaban J connectivity index is 1.50. The topological polar surface area (TPSA) is 58.2 Å². The van der Waals surface area contributed by atoms with Gasteiger partial charge in [-0.25, -0.2) is 0 Å². The fourth-order valence-electron chi connectivity index (χ4n) is 3.46. The zero-order valence-corrected chi connectivity index (χ0v) is 15.0. The molecule has 0 radical (unpaired) electrons. The van der Waals surface area contributed by atoms with E-state index < -0.39 is 0 Å². The molecule has 4 heteroatoms. The van der Waals surface area contributed by atoms with E-state index in [9.17, 15) is 9.59 Å². The van der Waals surface area contributed by atoms with E-state index in [1.54, 1.807) is 0 Å². The van der Waals surface area contributed by atoms with Crippen LogP contribution >= 0.6 is 0 Å². The van der Waals surface area contributed by atoms with E-state index in [-0.39, 0.29) is 24.2 Å². The van der Waals surface area contributed by atoms with Gasteiger partial charge in [-0.2, -0.15) is 0 Å². The summed E-state index contributed by atoms with van der Waals surface area (Å²) in [5.41, 5.74) is 3.13. The van der Waals surface area contributed by atoms with Gasteiger partial charge in [-0.15, -0.1) is 0 Å². The first kappa shape index (κ1) is 18.2. The molecular formula is C22H26N2O2. The third kappa shape index (κ3) is 5.19. The Bertz CT molecular complexity index is 737. The van der Waals surface area contributed by atoms with Crippen LogP contribution in [0.25, 0.3) is 0 Å². The lowest BCUT2D eigenvalue weighted by molar-refractivity contribution is -0.124. The van der Waals surface area contributed by atoms with Gasteiger partial charge in [0.25, 0.3) is 0 Å². The lowest BCUT2D eigenvalue weighted by atomic mass is 10.0. The van der Waals surface area contributed by atoms with Crippen molar-refractivity contribution in [2.75, 3.05) is 11.9 Å². The van der Waals surface area contributed by atoms with E-state index in [4.69, 9.17) is 0 Å². The van der Waals surface area contributed by atoms with Crippen molar-refractivity contribution >= 4 is 17.5 Å². The fourth-order valence-corrected chi connectivity index (χ4v) is 3.46. The Hall–Kier alpha value is -2.62. The Kier molecular flexibility index (Phi) is 6.42. The molecule has 4 nitrogen and oxygen atoms in total. The molecule has 0 atom stereocenters. The Morgan fingerprint density at radius 3 is 2.38 bits per heavy atom. The van der Waals surface area contributed by atoms with Crippen molar-refractivity contribution in [3.8, 4) is 0 Å². The number of rotatable bonds is 7. The zero-order chi connectivity index (χ0) is 18.2. The lowest BCUT2D eigenvalue weighted by Crippen LogP contribution is -2.32. The van der Waals surface area contributed by atoms with Gasteiger partial charge in [0.1, 0.15) is 0 Å². The highest BCUT2D eigenvalue weighted by Gasteiger charge is 2.22. The number of benzene rings is 2. The van der Waals surface area contributed by atoms with E-state index in [2.05, 4.69) is 22.8 Å². The standard InChI is InChI=1S/C22H26N2O2/c25-21(14-15-23-22(26)18-10-4-5-11-18)24-20-13-7-6-12-19(20)16-17-8-2-1-3-9-17/h1-3,6-9,12-13,18H,4-5,10-11,14-16H2,(H,23,26)(H,24,25). The van der Waals surface area contributed by atoms with E-state index in [0.717, 1.165) is 43.4 Å². The SMILES string of the molecule is O=C(CCNC(=O)C1CCCC1)Nc1ccccc1Cc1ccccc1. The lowest BCUT2D eigenvalue weighted by Gasteiger charge is -2.13. The molecule has 3 rings (SSSR count). The summed E-state index contributed by atoms with van der Waals surface area (Å²) in [5.74, 6) is 0.168. The van der Waals surface area contributed by atoms with E-state index in [1.165, 1.54) is 5.56 Å². The molecule has 0 bridgehead atoms. The zero-order valence-electron chi connectivity index (χ0n) is 15.0. The van der Waals surface area contributed by atoms with Crippen molar-refractivity contribution in [1.82, 2.24) is 5.32 Å². The third-order valence-electron chi connectivity index (χ3n) is 4.91. The van der Waals surface area contributed by atoms with E-state index >= 15 is 0 Å². The van der Waals surface area contributed by atoms with Crippen molar-refractivity contribution in [3.63, 3.8) is 0 Å². The Labute approximate surface area is 155 Å². The van der Waals surface area contributed by atoms with Gasteiger partial charge in [0.2, 0.25) is 11.8 Å². The number of nitrogens with one attached hydrogen (secondary N) is 2. The highest BCUT2D eigenvalue weighted by atomic mass is 16.2. The molecule has 2 amide bonds. The smallest absolute Gasteiger partial charge is 0.226 e. The average Bonchev–Trinajstić information content (AvgIpc) is 3.19. The van der Waals surface area contributed by atoms with Crippen LogP contribution in [0.1, 0.15) is 43.2 Å². The minimum atomic E-state index is -0.0720. The Morgan fingerprint density at radius 1 is 0.923 bits per heavy atom. The van der Waals surface area contributed by atoms with Gasteiger partial charge in [-0.1, -0.05) is 61.4 Å². The molecule has 0 saturated heterocycles. The first-order chi connectivity index (χ1) is 12.7. The molecule has 0 spiro atoms. The highest BCUT2D eigenvalue weighted by Crippen LogP contribution is 2.24. The van der Waals surface area contributed by atoms with Crippen molar-refractivity contribution < 1.29 is 9.59 Å². The summed E-state index contributed by atoms with van der Waals surface area (Å²) >= 11 is 0. The second-order valence-corrected chi connectivity index (χ2v) is 6.89. The Morgan fingerprint density at radius 2 is 1.62 bits per heavy atom. The van der Waals surface area contributed by atoms with Crippen LogP contribution in [0.15, 0.2) is 54.6 Å². The maximum Gasteiger partial charge on any atom is 0.226 e. The van der Waals surface area contributed by atoms with Gasteiger partial charge in [0.15, 0.2) is 0 Å². The predicted molar refractivity (Wildman–Crippen MR) is 104 cm³/mol. The monoisotopic (exact) mass is 350 g/mol. The molecule has 2 N–H and O–H groups in total. The van der Waals surface area contributed by atoms with Crippen molar-refractivity contribution in [3.05, 3.63) is 65.7 Å². The number of carbonyl (C=O) groups is 2. The molecule has 0 heterocycles. The summed E-state index contributed by atoms with van der Waals surface area (Å²) in [6.45, 7) is 0.391. The second-order valence-electron chi connectivity index (χ2n) is 6.89. The summed E-state index contributed by atoms with van der Waals surface area (Å²) in [6.07, 6.45) is 5.29. The van der Waals surface area contributed by atoms with E-state index in [1.807, 2.05) is 42.5 Å². The average molecular weight is 350 g/mol. The molecule has 1 fully saturated rings. The van der Waals surface area contributed by atoms with Crippen molar-refractivity contribution in [2.45, 2.75) is 38.5 Å². The van der Waals surface area contributed by atoms with Gasteiger partial charge in [-0.05, 0) is 36.5 Å². The fraction of sp³-hybridized carbons (Fsp3) is 0.364. The molecule has 2 aromatic carbocycles. The molecule has 136 valence electrons. The minimum Gasteiger partial charge on any atom is -0.355 e. The molecule has 0 aromatic heterocycles. The van der Waals surface area contributed by atoms with Crippen molar-refractivity contribution in [2.24, 2.45) is 5.92 Å². The summed E-state index contributed by atoms with van der Waals surface area (Å²) in [7, 11) is 0. The quantitative estimate of drug-likeness (QED) is 0.795. The summed E-state index contributed by atoms with van der Waals surface area (Å²) in [6, 6.07) is 18.1. The van der Waals surface area contributed by atoms with Gasteiger partial charge in [0.05, 0.1) is 0 Å². The summed E-state index contributed by atoms with van der Waals surface area (Å²) in [5, 5.41) is 5.88. The predicted octanol–water partition coefficient (Wildman–Crippen LogP) is 3.91. The number of anilines is 1. The van der Waals surface area contributed by atoms with Gasteiger partial charge < -0.3 is 10.6 Å². The molecule has 0 aliphatic heterocycles. The first-order valence-electron chi connectivity index (χ1n) is 9.42. The molecule has 2 aromatic rings. The van der Waals surface area contributed by atoms with Crippen molar-refractivity contribution in [1.29, 1.82) is 0 Å².